The first kappa shape index (κ1) is 10.7. The molecule has 0 aliphatic rings. The predicted octanol–water partition coefficient (Wildman–Crippen LogP) is 3.27. The number of rotatable bonds is 5. The molecule has 1 atom stereocenters. The van der Waals surface area contributed by atoms with Crippen LogP contribution in [0.25, 0.3) is 0 Å². The lowest BCUT2D eigenvalue weighted by Crippen LogP contribution is -2.32. The number of hydrogen-bond acceptors (Lipinski definition) is 2. The molecule has 1 heterocycles. The van der Waals surface area contributed by atoms with Crippen molar-refractivity contribution in [2.24, 2.45) is 5.92 Å². The molecule has 0 saturated carbocycles. The van der Waals surface area contributed by atoms with E-state index in [0.29, 0.717) is 6.04 Å². The third kappa shape index (κ3) is 3.49. The van der Waals surface area contributed by atoms with Crippen LogP contribution in [0, 0.1) is 5.92 Å². The zero-order chi connectivity index (χ0) is 9.68. The lowest BCUT2D eigenvalue weighted by atomic mass is 10.0. The van der Waals surface area contributed by atoms with Crippen LogP contribution >= 0.6 is 11.3 Å². The summed E-state index contributed by atoms with van der Waals surface area (Å²) in [5.74, 6) is 0.727. The minimum absolute atomic E-state index is 0.655. The van der Waals surface area contributed by atoms with Crippen molar-refractivity contribution in [3.63, 3.8) is 0 Å². The standard InChI is InChI=1S/C11H19NS/c1-4-11(9(2)3)12-8-10-6-5-7-13-10/h5-7,9,11-12H,4,8H2,1-3H3. The van der Waals surface area contributed by atoms with Crippen LogP contribution in [0.3, 0.4) is 0 Å². The van der Waals surface area contributed by atoms with E-state index in [4.69, 9.17) is 0 Å². The van der Waals surface area contributed by atoms with Gasteiger partial charge in [-0.1, -0.05) is 26.8 Å². The first-order valence-corrected chi connectivity index (χ1v) is 5.87. The minimum atomic E-state index is 0.655. The Hall–Kier alpha value is -0.340. The fraction of sp³-hybridized carbons (Fsp3) is 0.636. The van der Waals surface area contributed by atoms with E-state index in [1.807, 2.05) is 11.3 Å². The molecule has 0 amide bonds. The molecule has 1 aromatic heterocycles. The number of thiophene rings is 1. The summed E-state index contributed by atoms with van der Waals surface area (Å²) < 4.78 is 0. The van der Waals surface area contributed by atoms with Gasteiger partial charge in [-0.15, -0.1) is 11.3 Å². The zero-order valence-corrected chi connectivity index (χ0v) is 9.53. The lowest BCUT2D eigenvalue weighted by molar-refractivity contribution is 0.389. The van der Waals surface area contributed by atoms with Gasteiger partial charge < -0.3 is 5.32 Å². The van der Waals surface area contributed by atoms with Crippen LogP contribution in [0.4, 0.5) is 0 Å². The molecule has 74 valence electrons. The Morgan fingerprint density at radius 1 is 1.46 bits per heavy atom. The Morgan fingerprint density at radius 3 is 2.69 bits per heavy atom. The van der Waals surface area contributed by atoms with Crippen molar-refractivity contribution in [1.29, 1.82) is 0 Å². The van der Waals surface area contributed by atoms with Gasteiger partial charge in [-0.2, -0.15) is 0 Å². The van der Waals surface area contributed by atoms with Gasteiger partial charge in [0.2, 0.25) is 0 Å². The topological polar surface area (TPSA) is 12.0 Å². The van der Waals surface area contributed by atoms with Gasteiger partial charge in [-0.25, -0.2) is 0 Å². The van der Waals surface area contributed by atoms with E-state index >= 15 is 0 Å². The Kier molecular flexibility index (Phi) is 4.46. The maximum absolute atomic E-state index is 3.58. The van der Waals surface area contributed by atoms with Crippen LogP contribution in [0.1, 0.15) is 32.1 Å². The molecule has 0 aliphatic carbocycles. The van der Waals surface area contributed by atoms with E-state index in [1.165, 1.54) is 11.3 Å². The highest BCUT2D eigenvalue weighted by Crippen LogP contribution is 2.10. The van der Waals surface area contributed by atoms with Gasteiger partial charge in [0.1, 0.15) is 0 Å². The smallest absolute Gasteiger partial charge is 0.0302 e. The van der Waals surface area contributed by atoms with Crippen LogP contribution < -0.4 is 5.32 Å². The fourth-order valence-corrected chi connectivity index (χ4v) is 2.15. The van der Waals surface area contributed by atoms with Crippen LogP contribution in [0.2, 0.25) is 0 Å². The molecule has 0 aliphatic heterocycles. The molecule has 0 radical (unpaired) electrons. The summed E-state index contributed by atoms with van der Waals surface area (Å²) in [6, 6.07) is 4.95. The van der Waals surface area contributed by atoms with Crippen molar-refractivity contribution in [3.05, 3.63) is 22.4 Å². The molecule has 1 unspecified atom stereocenters. The van der Waals surface area contributed by atoms with E-state index in [1.54, 1.807) is 0 Å². The highest BCUT2D eigenvalue weighted by Gasteiger charge is 2.09. The second-order valence-electron chi connectivity index (χ2n) is 3.72. The van der Waals surface area contributed by atoms with Crippen molar-refractivity contribution >= 4 is 11.3 Å². The molecule has 0 bridgehead atoms. The second-order valence-corrected chi connectivity index (χ2v) is 4.75. The number of hydrogen-bond donors (Lipinski definition) is 1. The van der Waals surface area contributed by atoms with E-state index in [0.717, 1.165) is 12.5 Å². The van der Waals surface area contributed by atoms with Crippen LogP contribution in [-0.4, -0.2) is 6.04 Å². The molecule has 1 rings (SSSR count). The zero-order valence-electron chi connectivity index (χ0n) is 8.71. The highest BCUT2D eigenvalue weighted by atomic mass is 32.1. The largest absolute Gasteiger partial charge is 0.309 e. The Balaban J connectivity index is 2.32. The minimum Gasteiger partial charge on any atom is -0.309 e. The van der Waals surface area contributed by atoms with Gasteiger partial charge in [0, 0.05) is 17.5 Å². The normalized spacial score (nSPS) is 13.5. The second kappa shape index (κ2) is 5.40. The average molecular weight is 197 g/mol. The molecule has 1 aromatic rings. The summed E-state index contributed by atoms with van der Waals surface area (Å²) in [4.78, 5) is 1.43. The molecule has 13 heavy (non-hydrogen) atoms. The van der Waals surface area contributed by atoms with Crippen LogP contribution in [0.15, 0.2) is 17.5 Å². The first-order chi connectivity index (χ1) is 6.24. The Labute approximate surface area is 85.2 Å². The molecule has 0 aromatic carbocycles. The summed E-state index contributed by atoms with van der Waals surface area (Å²) in [5.41, 5.74) is 0. The molecule has 0 saturated heterocycles. The van der Waals surface area contributed by atoms with Crippen LogP contribution in [-0.2, 0) is 6.54 Å². The third-order valence-electron chi connectivity index (χ3n) is 2.36. The van der Waals surface area contributed by atoms with Crippen LogP contribution in [0.5, 0.6) is 0 Å². The van der Waals surface area contributed by atoms with Gasteiger partial charge in [0.15, 0.2) is 0 Å². The monoisotopic (exact) mass is 197 g/mol. The molecular formula is C11H19NS. The predicted molar refractivity (Wildman–Crippen MR) is 60.1 cm³/mol. The maximum Gasteiger partial charge on any atom is 0.0302 e. The van der Waals surface area contributed by atoms with Gasteiger partial charge in [0.25, 0.3) is 0 Å². The number of nitrogens with one attached hydrogen (secondary N) is 1. The Bertz CT molecular complexity index is 216. The quantitative estimate of drug-likeness (QED) is 0.764. The SMILES string of the molecule is CCC(NCc1cccs1)C(C)C. The third-order valence-corrected chi connectivity index (χ3v) is 3.24. The summed E-state index contributed by atoms with van der Waals surface area (Å²) in [6.07, 6.45) is 1.21. The summed E-state index contributed by atoms with van der Waals surface area (Å²) in [5, 5.41) is 5.71. The van der Waals surface area contributed by atoms with Crippen molar-refractivity contribution in [3.8, 4) is 0 Å². The lowest BCUT2D eigenvalue weighted by Gasteiger charge is -2.20. The molecule has 0 fully saturated rings. The summed E-state index contributed by atoms with van der Waals surface area (Å²) >= 11 is 1.82. The fourth-order valence-electron chi connectivity index (χ4n) is 1.50. The summed E-state index contributed by atoms with van der Waals surface area (Å²) in [6.45, 7) is 7.81. The van der Waals surface area contributed by atoms with Crippen molar-refractivity contribution < 1.29 is 0 Å². The van der Waals surface area contributed by atoms with Gasteiger partial charge in [-0.05, 0) is 23.8 Å². The van der Waals surface area contributed by atoms with E-state index in [2.05, 4.69) is 43.6 Å². The average Bonchev–Trinajstić information content (AvgIpc) is 2.57. The molecule has 1 N–H and O–H groups in total. The van der Waals surface area contributed by atoms with Gasteiger partial charge in [-0.3, -0.25) is 0 Å². The molecule has 0 spiro atoms. The van der Waals surface area contributed by atoms with E-state index in [-0.39, 0.29) is 0 Å². The van der Waals surface area contributed by atoms with Crippen molar-refractivity contribution in [2.75, 3.05) is 0 Å². The van der Waals surface area contributed by atoms with E-state index in [9.17, 15) is 0 Å². The van der Waals surface area contributed by atoms with E-state index < -0.39 is 0 Å². The maximum atomic E-state index is 3.58. The Morgan fingerprint density at radius 2 is 2.23 bits per heavy atom. The molecule has 2 heteroatoms. The van der Waals surface area contributed by atoms with Crippen molar-refractivity contribution in [2.45, 2.75) is 39.8 Å². The van der Waals surface area contributed by atoms with Gasteiger partial charge in [0.05, 0.1) is 0 Å². The molecular weight excluding hydrogens is 178 g/mol. The van der Waals surface area contributed by atoms with Crippen molar-refractivity contribution in [1.82, 2.24) is 5.32 Å². The molecule has 1 nitrogen and oxygen atoms in total. The highest BCUT2D eigenvalue weighted by molar-refractivity contribution is 7.09. The van der Waals surface area contributed by atoms with Gasteiger partial charge >= 0.3 is 0 Å². The first-order valence-electron chi connectivity index (χ1n) is 4.99. The summed E-state index contributed by atoms with van der Waals surface area (Å²) in [7, 11) is 0.